The van der Waals surface area contributed by atoms with Gasteiger partial charge in [0.25, 0.3) is 0 Å². The Kier molecular flexibility index (Phi) is 2.99. The van der Waals surface area contributed by atoms with E-state index in [1.165, 1.54) is 11.1 Å². The van der Waals surface area contributed by atoms with Crippen LogP contribution in [0.5, 0.6) is 0 Å². The Labute approximate surface area is 90.9 Å². The van der Waals surface area contributed by atoms with Crippen LogP contribution in [0.25, 0.3) is 12.2 Å². The average molecular weight is 193 g/mol. The van der Waals surface area contributed by atoms with E-state index in [1.54, 1.807) is 0 Å². The molecule has 2 aromatic rings. The molecule has 73 valence electrons. The number of benzene rings is 2. The molecule has 0 heteroatoms. The second kappa shape index (κ2) is 4.61. The van der Waals surface area contributed by atoms with E-state index in [4.69, 9.17) is 0 Å². The highest BCUT2D eigenvalue weighted by Gasteiger charge is 1.90. The first kappa shape index (κ1) is 9.72. The van der Waals surface area contributed by atoms with Gasteiger partial charge in [0.15, 0.2) is 0 Å². The minimum absolute atomic E-state index is 1.06. The van der Waals surface area contributed by atoms with E-state index in [0.29, 0.717) is 0 Å². The average Bonchev–Trinajstić information content (AvgIpc) is 2.29. The Morgan fingerprint density at radius 3 is 2.13 bits per heavy atom. The smallest absolute Gasteiger partial charge is 0.0224 e. The molecule has 0 saturated carbocycles. The quantitative estimate of drug-likeness (QED) is 0.631. The molecule has 0 atom stereocenters. The molecule has 0 bridgehead atoms. The molecule has 0 aliphatic heterocycles. The van der Waals surface area contributed by atoms with Crippen LogP contribution in [0, 0.1) is 6.92 Å². The van der Waals surface area contributed by atoms with Crippen LogP contribution >= 0.6 is 0 Å². The maximum absolute atomic E-state index is 3.98. The van der Waals surface area contributed by atoms with Crippen LogP contribution in [0.3, 0.4) is 0 Å². The van der Waals surface area contributed by atoms with E-state index in [9.17, 15) is 0 Å². The van der Waals surface area contributed by atoms with Gasteiger partial charge in [0, 0.05) is 0 Å². The van der Waals surface area contributed by atoms with E-state index in [1.807, 2.05) is 36.4 Å². The lowest BCUT2D eigenvalue weighted by atomic mass is 10.1. The molecule has 0 aromatic heterocycles. The van der Waals surface area contributed by atoms with Gasteiger partial charge in [-0.05, 0) is 23.6 Å². The summed E-state index contributed by atoms with van der Waals surface area (Å²) in [6.45, 7) is 3.98. The van der Waals surface area contributed by atoms with Gasteiger partial charge in [-0.15, -0.1) is 0 Å². The zero-order valence-corrected chi connectivity index (χ0v) is 8.56. The topological polar surface area (TPSA) is 0 Å². The fourth-order valence-electron chi connectivity index (χ4n) is 1.45. The SMILES string of the molecule is [CH2]c1ccccc1C=Cc1ccccc1. The van der Waals surface area contributed by atoms with E-state index in [-0.39, 0.29) is 0 Å². The molecule has 0 aliphatic rings. The van der Waals surface area contributed by atoms with Crippen molar-refractivity contribution < 1.29 is 0 Å². The van der Waals surface area contributed by atoms with Crippen LogP contribution in [0.2, 0.25) is 0 Å². The van der Waals surface area contributed by atoms with Gasteiger partial charge >= 0.3 is 0 Å². The summed E-state index contributed by atoms with van der Waals surface area (Å²) in [6, 6.07) is 18.4. The van der Waals surface area contributed by atoms with Crippen molar-refractivity contribution in [3.05, 3.63) is 78.2 Å². The molecule has 0 amide bonds. The second-order valence-corrected chi connectivity index (χ2v) is 3.44. The van der Waals surface area contributed by atoms with Gasteiger partial charge in [-0.2, -0.15) is 0 Å². The second-order valence-electron chi connectivity index (χ2n) is 3.44. The highest BCUT2D eigenvalue weighted by Crippen LogP contribution is 2.11. The molecule has 1 radical (unpaired) electrons. The molecular formula is C15H13. The predicted octanol–water partition coefficient (Wildman–Crippen LogP) is 4.04. The van der Waals surface area contributed by atoms with Gasteiger partial charge in [0.1, 0.15) is 0 Å². The summed E-state index contributed by atoms with van der Waals surface area (Å²) in [5.41, 5.74) is 3.44. The van der Waals surface area contributed by atoms with Gasteiger partial charge in [0.05, 0.1) is 0 Å². The van der Waals surface area contributed by atoms with Crippen molar-refractivity contribution in [1.82, 2.24) is 0 Å². The Morgan fingerprint density at radius 1 is 0.733 bits per heavy atom. The molecular weight excluding hydrogens is 180 g/mol. The van der Waals surface area contributed by atoms with Crippen molar-refractivity contribution in [3.63, 3.8) is 0 Å². The molecule has 0 heterocycles. The molecule has 0 spiro atoms. The maximum Gasteiger partial charge on any atom is -0.0224 e. The third-order valence-electron chi connectivity index (χ3n) is 2.31. The lowest BCUT2D eigenvalue weighted by molar-refractivity contribution is 1.57. The summed E-state index contributed by atoms with van der Waals surface area (Å²) in [5, 5.41) is 0. The number of hydrogen-bond donors (Lipinski definition) is 0. The molecule has 0 aliphatic carbocycles. The van der Waals surface area contributed by atoms with Gasteiger partial charge < -0.3 is 0 Å². The molecule has 2 aromatic carbocycles. The predicted molar refractivity (Wildman–Crippen MR) is 66.3 cm³/mol. The van der Waals surface area contributed by atoms with Crippen molar-refractivity contribution in [2.24, 2.45) is 0 Å². The summed E-state index contributed by atoms with van der Waals surface area (Å²) < 4.78 is 0. The Bertz CT molecular complexity index is 452. The molecule has 0 unspecified atom stereocenters. The highest BCUT2D eigenvalue weighted by molar-refractivity contribution is 5.71. The Balaban J connectivity index is 2.23. The first-order valence-electron chi connectivity index (χ1n) is 5.00. The van der Waals surface area contributed by atoms with Gasteiger partial charge in [-0.3, -0.25) is 0 Å². The number of rotatable bonds is 2. The lowest BCUT2D eigenvalue weighted by Gasteiger charge is -1.98. The Hall–Kier alpha value is -1.82. The van der Waals surface area contributed by atoms with Crippen LogP contribution in [0.4, 0.5) is 0 Å². The van der Waals surface area contributed by atoms with E-state index in [2.05, 4.69) is 37.3 Å². The van der Waals surface area contributed by atoms with Crippen LogP contribution < -0.4 is 0 Å². The zero-order chi connectivity index (χ0) is 10.5. The van der Waals surface area contributed by atoms with Crippen molar-refractivity contribution in [2.75, 3.05) is 0 Å². The van der Waals surface area contributed by atoms with Crippen LogP contribution in [-0.2, 0) is 0 Å². The van der Waals surface area contributed by atoms with E-state index in [0.717, 1.165) is 5.56 Å². The van der Waals surface area contributed by atoms with Gasteiger partial charge in [-0.1, -0.05) is 66.7 Å². The minimum atomic E-state index is 1.06. The molecule has 0 saturated heterocycles. The largest absolute Gasteiger partial charge is 0.0622 e. The zero-order valence-electron chi connectivity index (χ0n) is 8.56. The molecule has 0 fully saturated rings. The Morgan fingerprint density at radius 2 is 1.40 bits per heavy atom. The van der Waals surface area contributed by atoms with Crippen LogP contribution in [0.1, 0.15) is 16.7 Å². The van der Waals surface area contributed by atoms with E-state index < -0.39 is 0 Å². The van der Waals surface area contributed by atoms with Crippen molar-refractivity contribution >= 4 is 12.2 Å². The van der Waals surface area contributed by atoms with Gasteiger partial charge in [0.2, 0.25) is 0 Å². The summed E-state index contributed by atoms with van der Waals surface area (Å²) >= 11 is 0. The van der Waals surface area contributed by atoms with Crippen molar-refractivity contribution in [1.29, 1.82) is 0 Å². The van der Waals surface area contributed by atoms with E-state index >= 15 is 0 Å². The van der Waals surface area contributed by atoms with Gasteiger partial charge in [-0.25, -0.2) is 0 Å². The fourth-order valence-corrected chi connectivity index (χ4v) is 1.45. The third-order valence-corrected chi connectivity index (χ3v) is 2.31. The van der Waals surface area contributed by atoms with Crippen molar-refractivity contribution in [2.45, 2.75) is 0 Å². The summed E-state index contributed by atoms with van der Waals surface area (Å²) in [7, 11) is 0. The normalized spacial score (nSPS) is 10.7. The first-order valence-corrected chi connectivity index (χ1v) is 5.00. The van der Waals surface area contributed by atoms with Crippen molar-refractivity contribution in [3.8, 4) is 0 Å². The summed E-state index contributed by atoms with van der Waals surface area (Å²) in [4.78, 5) is 0. The highest BCUT2D eigenvalue weighted by atomic mass is 14.0. The standard InChI is InChI=1S/C15H13/c1-13-7-5-6-10-15(13)12-11-14-8-3-2-4-9-14/h2-12H,1H2. The minimum Gasteiger partial charge on any atom is -0.0622 e. The molecule has 15 heavy (non-hydrogen) atoms. The third kappa shape index (κ3) is 2.57. The first-order chi connectivity index (χ1) is 7.36. The van der Waals surface area contributed by atoms with Crippen LogP contribution in [-0.4, -0.2) is 0 Å². The fraction of sp³-hybridized carbons (Fsp3) is 0. The lowest BCUT2D eigenvalue weighted by Crippen LogP contribution is -1.77. The monoisotopic (exact) mass is 193 g/mol. The molecule has 0 N–H and O–H groups in total. The van der Waals surface area contributed by atoms with Crippen LogP contribution in [0.15, 0.2) is 54.6 Å². The summed E-state index contributed by atoms with van der Waals surface area (Å²) in [6.07, 6.45) is 4.20. The maximum atomic E-state index is 3.98. The number of hydrogen-bond acceptors (Lipinski definition) is 0. The summed E-state index contributed by atoms with van der Waals surface area (Å²) in [5.74, 6) is 0. The molecule has 0 nitrogen and oxygen atoms in total. The molecule has 2 rings (SSSR count).